The summed E-state index contributed by atoms with van der Waals surface area (Å²) in [6.07, 6.45) is 0.832. The Morgan fingerprint density at radius 3 is 2.56 bits per heavy atom. The van der Waals surface area contributed by atoms with Gasteiger partial charge in [-0.05, 0) is 25.1 Å². The van der Waals surface area contributed by atoms with Gasteiger partial charge in [-0.2, -0.15) is 5.26 Å². The minimum atomic E-state index is -0.719. The number of rotatable bonds is 2. The van der Waals surface area contributed by atoms with Gasteiger partial charge in [0.15, 0.2) is 11.6 Å². The normalized spacial score (nSPS) is 19.4. The molecule has 0 aliphatic carbocycles. The lowest BCUT2D eigenvalue weighted by molar-refractivity contribution is 0.582. The Morgan fingerprint density at radius 1 is 1.38 bits per heavy atom. The molecule has 5 heteroatoms. The molecule has 1 fully saturated rings. The Morgan fingerprint density at radius 2 is 2.06 bits per heavy atom. The fraction of sp³-hybridized carbons (Fsp3) is 0.364. The number of halogens is 2. The van der Waals surface area contributed by atoms with Gasteiger partial charge in [0, 0.05) is 12.6 Å². The van der Waals surface area contributed by atoms with E-state index in [0.717, 1.165) is 25.1 Å². The smallest absolute Gasteiger partial charge is 0.150 e. The average Bonchev–Trinajstić information content (AvgIpc) is 2.75. The largest absolute Gasteiger partial charge is 0.376 e. The first-order valence-corrected chi connectivity index (χ1v) is 5.07. The van der Waals surface area contributed by atoms with E-state index in [2.05, 4.69) is 10.6 Å². The number of hydrogen-bond acceptors (Lipinski definition) is 3. The minimum absolute atomic E-state index is 0.00917. The molecular formula is C11H11F2N3. The zero-order valence-corrected chi connectivity index (χ0v) is 8.56. The number of nitrogens with zero attached hydrogens (tertiary/aromatic N) is 1. The van der Waals surface area contributed by atoms with Crippen molar-refractivity contribution in [3.8, 4) is 6.07 Å². The van der Waals surface area contributed by atoms with Crippen LogP contribution in [0, 0.1) is 23.0 Å². The van der Waals surface area contributed by atoms with Gasteiger partial charge in [0.05, 0.1) is 11.6 Å². The zero-order chi connectivity index (χ0) is 11.5. The Hall–Kier alpha value is -1.67. The summed E-state index contributed by atoms with van der Waals surface area (Å²) in [5, 5.41) is 14.4. The molecule has 0 spiro atoms. The van der Waals surface area contributed by atoms with Crippen molar-refractivity contribution in [2.45, 2.75) is 12.5 Å². The standard InChI is InChI=1S/C11H11F2N3/c12-9-3-7(5-14)4-10(13)11(9)16-8-1-2-15-6-8/h3-4,8,15-16H,1-2,6H2. The monoisotopic (exact) mass is 223 g/mol. The second kappa shape index (κ2) is 4.45. The van der Waals surface area contributed by atoms with E-state index in [1.54, 1.807) is 6.07 Å². The Kier molecular flexibility index (Phi) is 3.02. The Bertz CT molecular complexity index is 410. The number of anilines is 1. The van der Waals surface area contributed by atoms with Crippen LogP contribution in [-0.2, 0) is 0 Å². The number of hydrogen-bond donors (Lipinski definition) is 2. The van der Waals surface area contributed by atoms with E-state index in [0.29, 0.717) is 6.54 Å². The molecule has 3 nitrogen and oxygen atoms in total. The Labute approximate surface area is 92.1 Å². The third kappa shape index (κ3) is 2.12. The van der Waals surface area contributed by atoms with E-state index in [9.17, 15) is 8.78 Å². The molecule has 0 radical (unpaired) electrons. The van der Waals surface area contributed by atoms with Crippen LogP contribution in [-0.4, -0.2) is 19.1 Å². The van der Waals surface area contributed by atoms with E-state index >= 15 is 0 Å². The second-order valence-corrected chi connectivity index (χ2v) is 3.76. The summed E-state index contributed by atoms with van der Waals surface area (Å²) in [5.74, 6) is -1.44. The van der Waals surface area contributed by atoms with Crippen molar-refractivity contribution < 1.29 is 8.78 Å². The van der Waals surface area contributed by atoms with Gasteiger partial charge in [0.25, 0.3) is 0 Å². The van der Waals surface area contributed by atoms with Gasteiger partial charge in [-0.15, -0.1) is 0 Å². The van der Waals surface area contributed by atoms with E-state index < -0.39 is 11.6 Å². The highest BCUT2D eigenvalue weighted by atomic mass is 19.1. The van der Waals surface area contributed by atoms with Crippen LogP contribution in [0.5, 0.6) is 0 Å². The predicted molar refractivity (Wildman–Crippen MR) is 56.0 cm³/mol. The van der Waals surface area contributed by atoms with Crippen LogP contribution >= 0.6 is 0 Å². The quantitative estimate of drug-likeness (QED) is 0.800. The zero-order valence-electron chi connectivity index (χ0n) is 8.56. The van der Waals surface area contributed by atoms with Crippen LogP contribution in [0.1, 0.15) is 12.0 Å². The van der Waals surface area contributed by atoms with Crippen LogP contribution in [0.25, 0.3) is 0 Å². The van der Waals surface area contributed by atoms with Gasteiger partial charge in [-0.3, -0.25) is 0 Å². The highest BCUT2D eigenvalue weighted by Gasteiger charge is 2.18. The van der Waals surface area contributed by atoms with Crippen LogP contribution in [0.15, 0.2) is 12.1 Å². The second-order valence-electron chi connectivity index (χ2n) is 3.76. The van der Waals surface area contributed by atoms with E-state index in [4.69, 9.17) is 5.26 Å². The maximum Gasteiger partial charge on any atom is 0.150 e. The summed E-state index contributed by atoms with van der Waals surface area (Å²) < 4.78 is 27.0. The molecule has 1 atom stereocenters. The summed E-state index contributed by atoms with van der Waals surface area (Å²) in [5.41, 5.74) is -0.155. The molecule has 0 saturated carbocycles. The lowest BCUT2D eigenvalue weighted by Gasteiger charge is -2.14. The van der Waals surface area contributed by atoms with Crippen molar-refractivity contribution in [3.05, 3.63) is 29.3 Å². The van der Waals surface area contributed by atoms with Crippen molar-refractivity contribution in [2.24, 2.45) is 0 Å². The Balaban J connectivity index is 2.23. The summed E-state index contributed by atoms with van der Waals surface area (Å²) in [6.45, 7) is 1.54. The van der Waals surface area contributed by atoms with Gasteiger partial charge in [-0.25, -0.2) is 8.78 Å². The molecule has 1 unspecified atom stereocenters. The van der Waals surface area contributed by atoms with Crippen LogP contribution in [0.2, 0.25) is 0 Å². The van der Waals surface area contributed by atoms with Gasteiger partial charge >= 0.3 is 0 Å². The summed E-state index contributed by atoms with van der Waals surface area (Å²) in [7, 11) is 0. The summed E-state index contributed by atoms with van der Waals surface area (Å²) >= 11 is 0. The highest BCUT2D eigenvalue weighted by Crippen LogP contribution is 2.22. The van der Waals surface area contributed by atoms with E-state index in [1.807, 2.05) is 0 Å². The lowest BCUT2D eigenvalue weighted by Crippen LogP contribution is -2.23. The van der Waals surface area contributed by atoms with Crippen LogP contribution < -0.4 is 10.6 Å². The molecule has 84 valence electrons. The third-order valence-electron chi connectivity index (χ3n) is 2.58. The number of nitriles is 1. The van der Waals surface area contributed by atoms with Crippen molar-refractivity contribution >= 4 is 5.69 Å². The highest BCUT2D eigenvalue weighted by molar-refractivity contribution is 5.51. The molecule has 2 rings (SSSR count). The van der Waals surface area contributed by atoms with Crippen molar-refractivity contribution in [1.29, 1.82) is 5.26 Å². The molecular weight excluding hydrogens is 212 g/mol. The molecule has 16 heavy (non-hydrogen) atoms. The fourth-order valence-electron chi connectivity index (χ4n) is 1.76. The molecule has 0 amide bonds. The molecule has 0 bridgehead atoms. The average molecular weight is 223 g/mol. The third-order valence-corrected chi connectivity index (χ3v) is 2.58. The fourth-order valence-corrected chi connectivity index (χ4v) is 1.76. The van der Waals surface area contributed by atoms with Gasteiger partial charge in [-0.1, -0.05) is 0 Å². The van der Waals surface area contributed by atoms with Crippen molar-refractivity contribution in [2.75, 3.05) is 18.4 Å². The first-order chi connectivity index (χ1) is 7.70. The number of nitrogens with one attached hydrogen (secondary N) is 2. The molecule has 1 aromatic carbocycles. The van der Waals surface area contributed by atoms with Crippen LogP contribution in [0.4, 0.5) is 14.5 Å². The summed E-state index contributed by atoms with van der Waals surface area (Å²) in [4.78, 5) is 0. The molecule has 1 heterocycles. The van der Waals surface area contributed by atoms with Gasteiger partial charge < -0.3 is 10.6 Å². The molecule has 1 aliphatic rings. The molecule has 0 aromatic heterocycles. The molecule has 2 N–H and O–H groups in total. The maximum absolute atomic E-state index is 13.5. The van der Waals surface area contributed by atoms with Crippen molar-refractivity contribution in [3.63, 3.8) is 0 Å². The first kappa shape index (κ1) is 10.8. The molecule has 1 saturated heterocycles. The van der Waals surface area contributed by atoms with Gasteiger partial charge in [0.1, 0.15) is 5.69 Å². The summed E-state index contributed by atoms with van der Waals surface area (Å²) in [6, 6.07) is 3.82. The SMILES string of the molecule is N#Cc1cc(F)c(NC2CCNC2)c(F)c1. The maximum atomic E-state index is 13.5. The van der Waals surface area contributed by atoms with Crippen LogP contribution in [0.3, 0.4) is 0 Å². The minimum Gasteiger partial charge on any atom is -0.376 e. The molecule has 1 aliphatic heterocycles. The first-order valence-electron chi connectivity index (χ1n) is 5.07. The number of benzene rings is 1. The van der Waals surface area contributed by atoms with Gasteiger partial charge in [0.2, 0.25) is 0 Å². The van der Waals surface area contributed by atoms with E-state index in [-0.39, 0.29) is 17.3 Å². The predicted octanol–water partition coefficient (Wildman–Crippen LogP) is 1.61. The molecule has 1 aromatic rings. The van der Waals surface area contributed by atoms with E-state index in [1.165, 1.54) is 0 Å². The lowest BCUT2D eigenvalue weighted by atomic mass is 10.1. The topological polar surface area (TPSA) is 47.9 Å². The van der Waals surface area contributed by atoms with Crippen molar-refractivity contribution in [1.82, 2.24) is 5.32 Å².